The maximum atomic E-state index is 10.6. The van der Waals surface area contributed by atoms with Crippen LogP contribution in [0.4, 0.5) is 0 Å². The van der Waals surface area contributed by atoms with Gasteiger partial charge in [0.05, 0.1) is 5.75 Å². The summed E-state index contributed by atoms with van der Waals surface area (Å²) in [5, 5.41) is 0. The van der Waals surface area contributed by atoms with Gasteiger partial charge in [0.25, 0.3) is 0 Å². The van der Waals surface area contributed by atoms with Crippen LogP contribution >= 0.6 is 0 Å². The fourth-order valence-corrected chi connectivity index (χ4v) is 1.18. The molecule has 0 aromatic rings. The number of ketones is 1. The topological polar surface area (TPSA) is 74.3 Å². The third kappa shape index (κ3) is 7.48. The standard InChI is InChI=1S/C6H12O4S/c1-2-3-4-6(7)5-11(8,9)10/h2-5H2,1H3,(H,8,9,10)/p-1. The molecule has 11 heavy (non-hydrogen) atoms. The smallest absolute Gasteiger partial charge is 0.146 e. The SMILES string of the molecule is CCCCC(=O)CS(=O)(=O)[O-]. The van der Waals surface area contributed by atoms with E-state index in [9.17, 15) is 17.8 Å². The van der Waals surface area contributed by atoms with Crippen molar-refractivity contribution in [1.29, 1.82) is 0 Å². The van der Waals surface area contributed by atoms with Crippen LogP contribution in [0, 0.1) is 0 Å². The minimum atomic E-state index is -4.35. The molecule has 0 spiro atoms. The first-order valence-corrected chi connectivity index (χ1v) is 4.98. The molecular weight excluding hydrogens is 168 g/mol. The Morgan fingerprint density at radius 3 is 2.36 bits per heavy atom. The van der Waals surface area contributed by atoms with Crippen molar-refractivity contribution in [3.05, 3.63) is 0 Å². The van der Waals surface area contributed by atoms with Gasteiger partial charge in [0, 0.05) is 6.42 Å². The second-order valence-corrected chi connectivity index (χ2v) is 3.75. The van der Waals surface area contributed by atoms with Crippen LogP contribution < -0.4 is 0 Å². The van der Waals surface area contributed by atoms with E-state index in [0.717, 1.165) is 6.42 Å². The van der Waals surface area contributed by atoms with E-state index in [4.69, 9.17) is 0 Å². The molecular formula is C6H11O4S-. The van der Waals surface area contributed by atoms with Gasteiger partial charge < -0.3 is 4.55 Å². The van der Waals surface area contributed by atoms with Crippen LogP contribution in [-0.2, 0) is 14.9 Å². The van der Waals surface area contributed by atoms with Gasteiger partial charge in [-0.25, -0.2) is 8.42 Å². The molecule has 0 aromatic heterocycles. The zero-order chi connectivity index (χ0) is 8.91. The van der Waals surface area contributed by atoms with Crippen molar-refractivity contribution in [2.24, 2.45) is 0 Å². The third-order valence-corrected chi connectivity index (χ3v) is 1.82. The van der Waals surface area contributed by atoms with E-state index in [-0.39, 0.29) is 6.42 Å². The fourth-order valence-electron chi connectivity index (χ4n) is 0.643. The minimum absolute atomic E-state index is 0.192. The van der Waals surface area contributed by atoms with Gasteiger partial charge in [-0.05, 0) is 6.42 Å². The van der Waals surface area contributed by atoms with Crippen molar-refractivity contribution < 1.29 is 17.8 Å². The Balaban J connectivity index is 3.71. The van der Waals surface area contributed by atoms with Crippen molar-refractivity contribution in [1.82, 2.24) is 0 Å². The Labute approximate surface area is 66.4 Å². The third-order valence-electron chi connectivity index (χ3n) is 1.15. The number of carbonyl (C=O) groups is 1. The minimum Gasteiger partial charge on any atom is -0.748 e. The van der Waals surface area contributed by atoms with E-state index in [1.165, 1.54) is 0 Å². The van der Waals surface area contributed by atoms with Crippen molar-refractivity contribution >= 4 is 15.9 Å². The molecule has 4 nitrogen and oxygen atoms in total. The largest absolute Gasteiger partial charge is 0.748 e. The van der Waals surface area contributed by atoms with Gasteiger partial charge in [0.15, 0.2) is 0 Å². The molecule has 66 valence electrons. The van der Waals surface area contributed by atoms with Crippen LogP contribution in [0.1, 0.15) is 26.2 Å². The predicted molar refractivity (Wildman–Crippen MR) is 39.1 cm³/mol. The number of rotatable bonds is 5. The maximum absolute atomic E-state index is 10.6. The molecule has 0 radical (unpaired) electrons. The lowest BCUT2D eigenvalue weighted by molar-refractivity contribution is -0.116. The molecule has 0 aliphatic heterocycles. The van der Waals surface area contributed by atoms with Crippen molar-refractivity contribution in [3.8, 4) is 0 Å². The predicted octanol–water partition coefficient (Wildman–Crippen LogP) is 0.291. The first kappa shape index (κ1) is 10.6. The normalized spacial score (nSPS) is 11.5. The summed E-state index contributed by atoms with van der Waals surface area (Å²) in [6, 6.07) is 0. The summed E-state index contributed by atoms with van der Waals surface area (Å²) in [5.74, 6) is -1.34. The van der Waals surface area contributed by atoms with Crippen molar-refractivity contribution in [3.63, 3.8) is 0 Å². The molecule has 0 saturated carbocycles. The first-order chi connectivity index (χ1) is 4.95. The van der Waals surface area contributed by atoms with E-state index in [1.54, 1.807) is 0 Å². The molecule has 0 aliphatic rings. The van der Waals surface area contributed by atoms with Crippen LogP contribution in [0.3, 0.4) is 0 Å². The second kappa shape index (κ2) is 4.46. The molecule has 0 fully saturated rings. The van der Waals surface area contributed by atoms with Crippen LogP contribution in [0.25, 0.3) is 0 Å². The highest BCUT2D eigenvalue weighted by Crippen LogP contribution is 1.96. The Morgan fingerprint density at radius 2 is 2.00 bits per heavy atom. The summed E-state index contributed by atoms with van der Waals surface area (Å²) in [6.07, 6.45) is 1.66. The van der Waals surface area contributed by atoms with Crippen LogP contribution in [0.15, 0.2) is 0 Å². The highest BCUT2D eigenvalue weighted by Gasteiger charge is 2.04. The summed E-state index contributed by atoms with van der Waals surface area (Å²) in [4.78, 5) is 10.6. The fraction of sp³-hybridized carbons (Fsp3) is 0.833. The quantitative estimate of drug-likeness (QED) is 0.568. The number of hydrogen-bond donors (Lipinski definition) is 0. The molecule has 0 bridgehead atoms. The second-order valence-electron chi connectivity index (χ2n) is 2.34. The summed E-state index contributed by atoms with van der Waals surface area (Å²) in [7, 11) is -4.35. The van der Waals surface area contributed by atoms with Gasteiger partial charge >= 0.3 is 0 Å². The van der Waals surface area contributed by atoms with Gasteiger partial charge in [-0.15, -0.1) is 0 Å². The van der Waals surface area contributed by atoms with Gasteiger partial charge in [-0.2, -0.15) is 0 Å². The van der Waals surface area contributed by atoms with Crippen molar-refractivity contribution in [2.75, 3.05) is 5.75 Å². The Kier molecular flexibility index (Phi) is 4.29. The van der Waals surface area contributed by atoms with E-state index in [1.807, 2.05) is 6.92 Å². The van der Waals surface area contributed by atoms with Gasteiger partial charge in [-0.1, -0.05) is 13.3 Å². The highest BCUT2D eigenvalue weighted by molar-refractivity contribution is 7.86. The van der Waals surface area contributed by atoms with Gasteiger partial charge in [0.1, 0.15) is 15.9 Å². The van der Waals surface area contributed by atoms with Crippen LogP contribution in [0.2, 0.25) is 0 Å². The monoisotopic (exact) mass is 179 g/mol. The molecule has 0 amide bonds. The highest BCUT2D eigenvalue weighted by atomic mass is 32.2. The summed E-state index contributed by atoms with van der Waals surface area (Å²) < 4.78 is 30.1. The summed E-state index contributed by atoms with van der Waals surface area (Å²) in [5.41, 5.74) is 0. The molecule has 0 saturated heterocycles. The lowest BCUT2D eigenvalue weighted by Gasteiger charge is -2.04. The van der Waals surface area contributed by atoms with E-state index in [0.29, 0.717) is 6.42 Å². The van der Waals surface area contributed by atoms with E-state index < -0.39 is 21.7 Å². The zero-order valence-electron chi connectivity index (χ0n) is 6.37. The Morgan fingerprint density at radius 1 is 1.45 bits per heavy atom. The molecule has 5 heteroatoms. The maximum Gasteiger partial charge on any atom is 0.146 e. The molecule has 0 aliphatic carbocycles. The first-order valence-electron chi connectivity index (χ1n) is 3.41. The number of carbonyl (C=O) groups excluding carboxylic acids is 1. The number of hydrogen-bond acceptors (Lipinski definition) is 4. The molecule has 0 heterocycles. The van der Waals surface area contributed by atoms with Gasteiger partial charge in [-0.3, -0.25) is 4.79 Å². The summed E-state index contributed by atoms with van der Waals surface area (Å²) in [6.45, 7) is 1.89. The molecule has 0 aromatic carbocycles. The number of unbranched alkanes of at least 4 members (excludes halogenated alkanes) is 1. The Bertz CT molecular complexity index is 217. The van der Waals surface area contributed by atoms with Crippen molar-refractivity contribution in [2.45, 2.75) is 26.2 Å². The molecule has 0 atom stereocenters. The van der Waals surface area contributed by atoms with E-state index in [2.05, 4.69) is 0 Å². The average Bonchev–Trinajstić information content (AvgIpc) is 1.79. The van der Waals surface area contributed by atoms with Crippen LogP contribution in [-0.4, -0.2) is 24.5 Å². The molecule has 0 rings (SSSR count). The van der Waals surface area contributed by atoms with E-state index >= 15 is 0 Å². The lowest BCUT2D eigenvalue weighted by atomic mass is 10.2. The molecule has 0 unspecified atom stereocenters. The lowest BCUT2D eigenvalue weighted by Crippen LogP contribution is -2.14. The average molecular weight is 179 g/mol. The summed E-state index contributed by atoms with van der Waals surface area (Å²) >= 11 is 0. The Hall–Kier alpha value is -0.420. The van der Waals surface area contributed by atoms with Crippen LogP contribution in [0.5, 0.6) is 0 Å². The van der Waals surface area contributed by atoms with Gasteiger partial charge in [0.2, 0.25) is 0 Å². The number of Topliss-reactive ketones (excluding diaryl/α,β-unsaturated/α-hetero) is 1. The molecule has 0 N–H and O–H groups in total. The zero-order valence-corrected chi connectivity index (χ0v) is 7.19.